The zero-order chi connectivity index (χ0) is 13.8. The Labute approximate surface area is 109 Å². The molecule has 0 bridgehead atoms. The molecule has 1 fully saturated rings. The molecule has 4 heteroatoms. The molecule has 0 spiro atoms. The van der Waals surface area contributed by atoms with Crippen LogP contribution in [0, 0.1) is 5.41 Å². The molecule has 4 nitrogen and oxygen atoms in total. The molecule has 1 N–H and O–H groups in total. The van der Waals surface area contributed by atoms with Crippen LogP contribution in [0.3, 0.4) is 0 Å². The van der Waals surface area contributed by atoms with Crippen LogP contribution in [0.4, 0.5) is 0 Å². The van der Waals surface area contributed by atoms with Gasteiger partial charge in [-0.2, -0.15) is 0 Å². The lowest BCUT2D eigenvalue weighted by Crippen LogP contribution is -2.26. The summed E-state index contributed by atoms with van der Waals surface area (Å²) in [6, 6.07) is 0. The Hall–Kier alpha value is -1.16. The van der Waals surface area contributed by atoms with Crippen LogP contribution in [0.2, 0.25) is 0 Å². The lowest BCUT2D eigenvalue weighted by atomic mass is 9.97. The molecule has 0 atom stereocenters. The van der Waals surface area contributed by atoms with Gasteiger partial charge in [0.25, 0.3) is 0 Å². The summed E-state index contributed by atoms with van der Waals surface area (Å²) in [6.45, 7) is 9.08. The summed E-state index contributed by atoms with van der Waals surface area (Å²) in [7, 11) is 0. The second-order valence-corrected chi connectivity index (χ2v) is 5.82. The molecule has 0 amide bonds. The maximum Gasteiger partial charge on any atom is 0.318 e. The number of carbonyl (C=O) groups is 2. The van der Waals surface area contributed by atoms with E-state index in [4.69, 9.17) is 4.74 Å². The Bertz CT molecular complexity index is 356. The monoisotopic (exact) mass is 253 g/mol. The standard InChI is InChI=1S/C14H23NO3/c1-10(11-5-7-15-8-6-11)9-12(16)18-13(17)14(2,3)4/h15H,5-9H2,1-4H3. The van der Waals surface area contributed by atoms with Crippen molar-refractivity contribution in [1.29, 1.82) is 0 Å². The molecule has 102 valence electrons. The summed E-state index contributed by atoms with van der Waals surface area (Å²) in [5.74, 6) is -0.908. The Morgan fingerprint density at radius 3 is 2.28 bits per heavy atom. The predicted octanol–water partition coefficient (Wildman–Crippen LogP) is 2.19. The third-order valence-corrected chi connectivity index (χ3v) is 3.04. The molecule has 0 unspecified atom stereocenters. The van der Waals surface area contributed by atoms with Crippen molar-refractivity contribution in [2.45, 2.75) is 47.0 Å². The Morgan fingerprint density at radius 1 is 1.22 bits per heavy atom. The van der Waals surface area contributed by atoms with E-state index in [1.807, 2.05) is 6.92 Å². The van der Waals surface area contributed by atoms with E-state index in [1.54, 1.807) is 20.8 Å². The quantitative estimate of drug-likeness (QED) is 0.465. The minimum absolute atomic E-state index is 0.219. The molecule has 0 radical (unpaired) electrons. The Morgan fingerprint density at radius 2 is 1.78 bits per heavy atom. The van der Waals surface area contributed by atoms with Crippen molar-refractivity contribution >= 4 is 11.9 Å². The summed E-state index contributed by atoms with van der Waals surface area (Å²) in [5, 5.41) is 3.27. The van der Waals surface area contributed by atoms with Crippen LogP contribution in [0.5, 0.6) is 0 Å². The molecular formula is C14H23NO3. The lowest BCUT2D eigenvalue weighted by molar-refractivity contribution is -0.165. The minimum atomic E-state index is -0.633. The molecule has 0 aromatic heterocycles. The molecule has 1 rings (SSSR count). The number of hydrogen-bond donors (Lipinski definition) is 1. The average Bonchev–Trinajstić information content (AvgIpc) is 2.28. The van der Waals surface area contributed by atoms with Gasteiger partial charge < -0.3 is 10.1 Å². The zero-order valence-electron chi connectivity index (χ0n) is 11.8. The number of esters is 2. The molecule has 0 aliphatic carbocycles. The average molecular weight is 253 g/mol. The number of carbonyl (C=O) groups excluding carboxylic acids is 2. The fraction of sp³-hybridized carbons (Fsp3) is 0.714. The summed E-state index contributed by atoms with van der Waals surface area (Å²) in [6.07, 6.45) is 2.18. The van der Waals surface area contributed by atoms with Gasteiger partial charge in [-0.1, -0.05) is 11.1 Å². The normalized spacial score (nSPS) is 16.3. The number of ether oxygens (including phenoxy) is 1. The first-order chi connectivity index (χ1) is 8.30. The van der Waals surface area contributed by atoms with Gasteiger partial charge in [0.15, 0.2) is 0 Å². The molecule has 1 saturated heterocycles. The highest BCUT2D eigenvalue weighted by molar-refractivity contribution is 5.89. The van der Waals surface area contributed by atoms with Gasteiger partial charge >= 0.3 is 11.9 Å². The summed E-state index contributed by atoms with van der Waals surface area (Å²) in [5.41, 5.74) is 1.72. The van der Waals surface area contributed by atoms with Crippen molar-refractivity contribution in [2.24, 2.45) is 5.41 Å². The van der Waals surface area contributed by atoms with Crippen LogP contribution in [-0.2, 0) is 14.3 Å². The first kappa shape index (κ1) is 14.9. The van der Waals surface area contributed by atoms with E-state index in [2.05, 4.69) is 5.32 Å². The summed E-state index contributed by atoms with van der Waals surface area (Å²) >= 11 is 0. The van der Waals surface area contributed by atoms with Gasteiger partial charge in [0.05, 0.1) is 11.8 Å². The van der Waals surface area contributed by atoms with Gasteiger partial charge in [-0.3, -0.25) is 9.59 Å². The van der Waals surface area contributed by atoms with E-state index in [-0.39, 0.29) is 6.42 Å². The first-order valence-electron chi connectivity index (χ1n) is 6.44. The predicted molar refractivity (Wildman–Crippen MR) is 70.0 cm³/mol. The highest BCUT2D eigenvalue weighted by Gasteiger charge is 2.25. The topological polar surface area (TPSA) is 55.4 Å². The fourth-order valence-electron chi connectivity index (χ4n) is 1.79. The molecule has 0 aromatic rings. The summed E-state index contributed by atoms with van der Waals surface area (Å²) in [4.78, 5) is 23.2. The highest BCUT2D eigenvalue weighted by atomic mass is 16.6. The molecular weight excluding hydrogens is 230 g/mol. The van der Waals surface area contributed by atoms with Crippen LogP contribution in [-0.4, -0.2) is 25.0 Å². The number of piperidine rings is 1. The van der Waals surface area contributed by atoms with Crippen molar-refractivity contribution < 1.29 is 14.3 Å². The summed E-state index contributed by atoms with van der Waals surface area (Å²) < 4.78 is 4.85. The molecule has 18 heavy (non-hydrogen) atoms. The van der Waals surface area contributed by atoms with Crippen LogP contribution < -0.4 is 5.32 Å². The first-order valence-corrected chi connectivity index (χ1v) is 6.44. The third-order valence-electron chi connectivity index (χ3n) is 3.04. The van der Waals surface area contributed by atoms with Crippen LogP contribution >= 0.6 is 0 Å². The SMILES string of the molecule is CC(CC(=O)OC(=O)C(C)(C)C)=C1CCNCC1. The van der Waals surface area contributed by atoms with E-state index in [0.717, 1.165) is 31.5 Å². The Balaban J connectivity index is 2.52. The van der Waals surface area contributed by atoms with Crippen molar-refractivity contribution in [3.8, 4) is 0 Å². The third kappa shape index (κ3) is 4.61. The maximum atomic E-state index is 11.7. The number of nitrogens with one attached hydrogen (secondary N) is 1. The second-order valence-electron chi connectivity index (χ2n) is 5.82. The highest BCUT2D eigenvalue weighted by Crippen LogP contribution is 2.20. The van der Waals surface area contributed by atoms with Gasteiger partial charge in [0, 0.05) is 0 Å². The van der Waals surface area contributed by atoms with Crippen LogP contribution in [0.25, 0.3) is 0 Å². The van der Waals surface area contributed by atoms with Crippen molar-refractivity contribution in [3.63, 3.8) is 0 Å². The van der Waals surface area contributed by atoms with Gasteiger partial charge in [0.1, 0.15) is 0 Å². The smallest absolute Gasteiger partial charge is 0.318 e. The fourth-order valence-corrected chi connectivity index (χ4v) is 1.79. The minimum Gasteiger partial charge on any atom is -0.393 e. The van der Waals surface area contributed by atoms with Crippen molar-refractivity contribution in [1.82, 2.24) is 5.32 Å². The van der Waals surface area contributed by atoms with Crippen LogP contribution in [0.15, 0.2) is 11.1 Å². The molecule has 1 heterocycles. The van der Waals surface area contributed by atoms with Gasteiger partial charge in [0.2, 0.25) is 0 Å². The number of hydrogen-bond acceptors (Lipinski definition) is 4. The van der Waals surface area contributed by atoms with Gasteiger partial charge in [-0.25, -0.2) is 0 Å². The van der Waals surface area contributed by atoms with E-state index in [0.29, 0.717) is 0 Å². The van der Waals surface area contributed by atoms with Crippen LogP contribution in [0.1, 0.15) is 47.0 Å². The molecule has 1 aliphatic heterocycles. The lowest BCUT2D eigenvalue weighted by Gasteiger charge is -2.19. The van der Waals surface area contributed by atoms with E-state index in [9.17, 15) is 9.59 Å². The van der Waals surface area contributed by atoms with E-state index < -0.39 is 17.4 Å². The van der Waals surface area contributed by atoms with E-state index >= 15 is 0 Å². The maximum absolute atomic E-state index is 11.7. The van der Waals surface area contributed by atoms with Gasteiger partial charge in [-0.15, -0.1) is 0 Å². The van der Waals surface area contributed by atoms with Gasteiger partial charge in [-0.05, 0) is 53.6 Å². The zero-order valence-corrected chi connectivity index (χ0v) is 11.8. The van der Waals surface area contributed by atoms with E-state index in [1.165, 1.54) is 5.57 Å². The second kappa shape index (κ2) is 6.14. The molecule has 0 saturated carbocycles. The number of rotatable bonds is 2. The van der Waals surface area contributed by atoms with Crippen molar-refractivity contribution in [3.05, 3.63) is 11.1 Å². The largest absolute Gasteiger partial charge is 0.393 e. The van der Waals surface area contributed by atoms with Crippen molar-refractivity contribution in [2.75, 3.05) is 13.1 Å². The molecule has 1 aliphatic rings. The molecule has 0 aromatic carbocycles. The Kier molecular flexibility index (Phi) is 5.08.